The number of aliphatic carboxylic acids is 2. The van der Waals surface area contributed by atoms with E-state index in [-0.39, 0.29) is 24.1 Å². The second kappa shape index (κ2) is 16.7. The van der Waals surface area contributed by atoms with E-state index in [1.165, 1.54) is 0 Å². The van der Waals surface area contributed by atoms with E-state index in [2.05, 4.69) is 21.3 Å². The van der Waals surface area contributed by atoms with Crippen molar-refractivity contribution in [1.82, 2.24) is 16.0 Å². The first kappa shape index (κ1) is 39.2. The van der Waals surface area contributed by atoms with Crippen LogP contribution in [0.15, 0.2) is 33.5 Å². The first-order valence-corrected chi connectivity index (χ1v) is 14.8. The van der Waals surface area contributed by atoms with E-state index in [1.807, 2.05) is 0 Å². The quantitative estimate of drug-likeness (QED) is 0.125. The number of rotatable bonds is 16. The highest BCUT2D eigenvalue weighted by atomic mass is 19.4. The van der Waals surface area contributed by atoms with Gasteiger partial charge in [-0.3, -0.25) is 28.8 Å². The van der Waals surface area contributed by atoms with E-state index in [0.717, 1.165) is 18.2 Å². The van der Waals surface area contributed by atoms with Crippen LogP contribution in [0.4, 0.5) is 18.9 Å². The van der Waals surface area contributed by atoms with Gasteiger partial charge in [0.05, 0.1) is 18.0 Å². The lowest BCUT2D eigenvalue weighted by Crippen LogP contribution is -2.59. The van der Waals surface area contributed by atoms with Crippen LogP contribution in [0, 0.1) is 11.8 Å². The van der Waals surface area contributed by atoms with Gasteiger partial charge in [-0.2, -0.15) is 13.2 Å². The minimum absolute atomic E-state index is 0.192. The Balaban J connectivity index is 2.33. The Morgan fingerprint density at radius 2 is 1.50 bits per heavy atom. The van der Waals surface area contributed by atoms with Crippen LogP contribution in [-0.2, 0) is 34.9 Å². The Bertz CT molecular complexity index is 1590. The molecule has 4 amide bonds. The van der Waals surface area contributed by atoms with Crippen molar-refractivity contribution in [2.45, 2.75) is 83.7 Å². The van der Waals surface area contributed by atoms with Crippen LogP contribution in [0.1, 0.15) is 58.9 Å². The molecule has 0 aliphatic rings. The van der Waals surface area contributed by atoms with Crippen molar-refractivity contribution in [1.29, 1.82) is 0 Å². The summed E-state index contributed by atoms with van der Waals surface area (Å²) in [5.41, 5.74) is 2.55. The summed E-state index contributed by atoms with van der Waals surface area (Å²) < 4.78 is 45.0. The van der Waals surface area contributed by atoms with Gasteiger partial charge in [-0.15, -0.1) is 0 Å². The lowest BCUT2D eigenvalue weighted by atomic mass is 9.96. The van der Waals surface area contributed by atoms with Crippen molar-refractivity contribution in [3.05, 3.63) is 40.2 Å². The lowest BCUT2D eigenvalue weighted by molar-refractivity contribution is -0.141. The SMILES string of the molecule is CC[C@H](C)[C@H](NC(=O)[C@H](CCC(=O)O)NC(=O)[C@@H](N)C(C)C)C(=O)N[C@@H](CC(=O)O)C(=O)Nc1ccc2c(C(F)(F)F)cc(=O)oc2c1. The van der Waals surface area contributed by atoms with Crippen molar-refractivity contribution in [2.75, 3.05) is 5.32 Å². The summed E-state index contributed by atoms with van der Waals surface area (Å²) in [4.78, 5) is 86.9. The molecule has 1 heterocycles. The fourth-order valence-corrected chi connectivity index (χ4v) is 4.41. The molecule has 0 fully saturated rings. The largest absolute Gasteiger partial charge is 0.481 e. The number of carboxylic acids is 2. The second-order valence-corrected chi connectivity index (χ2v) is 11.5. The van der Waals surface area contributed by atoms with Crippen molar-refractivity contribution < 1.29 is 56.6 Å². The summed E-state index contributed by atoms with van der Waals surface area (Å²) in [6, 6.07) is -2.44. The van der Waals surface area contributed by atoms with Gasteiger partial charge in [-0.25, -0.2) is 4.79 Å². The van der Waals surface area contributed by atoms with E-state index in [0.29, 0.717) is 6.42 Å². The van der Waals surface area contributed by atoms with Crippen LogP contribution in [0.25, 0.3) is 11.0 Å². The Hall–Kier alpha value is -5.00. The minimum Gasteiger partial charge on any atom is -0.481 e. The molecule has 2 aromatic rings. The molecule has 0 saturated heterocycles. The maximum absolute atomic E-state index is 13.4. The molecule has 0 bridgehead atoms. The van der Waals surface area contributed by atoms with Crippen LogP contribution in [0.5, 0.6) is 0 Å². The van der Waals surface area contributed by atoms with E-state index in [9.17, 15) is 51.8 Å². The number of halogens is 3. The molecule has 2 rings (SSSR count). The summed E-state index contributed by atoms with van der Waals surface area (Å²) in [6.07, 6.45) is -6.43. The molecule has 0 spiro atoms. The third-order valence-electron chi connectivity index (χ3n) is 7.42. The van der Waals surface area contributed by atoms with Crippen molar-refractivity contribution in [3.63, 3.8) is 0 Å². The minimum atomic E-state index is -4.89. The summed E-state index contributed by atoms with van der Waals surface area (Å²) in [5, 5.41) is 27.4. The number of alkyl halides is 3. The molecule has 264 valence electrons. The zero-order chi connectivity index (χ0) is 36.5. The molecule has 1 aromatic heterocycles. The molecule has 0 aliphatic heterocycles. The van der Waals surface area contributed by atoms with Gasteiger partial charge in [0, 0.05) is 29.6 Å². The standard InChI is InChI=1S/C30H38F3N5O10/c1-5-14(4)25(38-26(44)18(8-9-21(39)40)36-28(46)24(34)13(2)3)29(47)37-19(12-22(41)42)27(45)35-15-6-7-16-17(30(31,32)33)11-23(43)48-20(16)10-15/h6-7,10-11,13-14,18-19,24-25H,5,8-9,12,34H2,1-4H3,(H,35,45)(H,36,46)(H,37,47)(H,38,44)(H,39,40)(H,41,42)/t14-,18-,19-,24-,25-/m0/s1. The van der Waals surface area contributed by atoms with Crippen LogP contribution in [0.2, 0.25) is 0 Å². The number of hydrogen-bond acceptors (Lipinski definition) is 9. The Labute approximate surface area is 271 Å². The van der Waals surface area contributed by atoms with Gasteiger partial charge in [0.1, 0.15) is 23.7 Å². The van der Waals surface area contributed by atoms with Gasteiger partial charge in [-0.05, 0) is 30.4 Å². The predicted octanol–water partition coefficient (Wildman–Crippen LogP) is 1.57. The zero-order valence-corrected chi connectivity index (χ0v) is 26.5. The Morgan fingerprint density at radius 3 is 2.04 bits per heavy atom. The number of nitrogens with two attached hydrogens (primary N) is 1. The van der Waals surface area contributed by atoms with E-state index in [4.69, 9.17) is 15.3 Å². The highest BCUT2D eigenvalue weighted by Gasteiger charge is 2.35. The molecule has 0 radical (unpaired) electrons. The molecule has 5 atom stereocenters. The van der Waals surface area contributed by atoms with E-state index >= 15 is 0 Å². The molecule has 15 nitrogen and oxygen atoms in total. The first-order chi connectivity index (χ1) is 22.2. The van der Waals surface area contributed by atoms with Crippen molar-refractivity contribution >= 4 is 52.2 Å². The summed E-state index contributed by atoms with van der Waals surface area (Å²) in [7, 11) is 0. The number of carbonyl (C=O) groups excluding carboxylic acids is 4. The van der Waals surface area contributed by atoms with Gasteiger partial charge >= 0.3 is 23.7 Å². The predicted molar refractivity (Wildman–Crippen MR) is 163 cm³/mol. The van der Waals surface area contributed by atoms with Gasteiger partial charge in [0.25, 0.3) is 0 Å². The smallest absolute Gasteiger partial charge is 0.417 e. The Morgan fingerprint density at radius 1 is 0.875 bits per heavy atom. The number of carboxylic acid groups (broad SMARTS) is 2. The second-order valence-electron chi connectivity index (χ2n) is 11.5. The molecule has 0 saturated carbocycles. The number of hydrogen-bond donors (Lipinski definition) is 7. The Kier molecular flexibility index (Phi) is 13.6. The number of nitrogens with one attached hydrogen (secondary N) is 4. The average molecular weight is 686 g/mol. The molecular formula is C30H38F3N5O10. The van der Waals surface area contributed by atoms with Crippen LogP contribution in [-0.4, -0.2) is 69.9 Å². The van der Waals surface area contributed by atoms with Gasteiger partial charge < -0.3 is 41.6 Å². The third-order valence-corrected chi connectivity index (χ3v) is 7.42. The fraction of sp³-hybridized carbons (Fsp3) is 0.500. The number of anilines is 1. The van der Waals surface area contributed by atoms with Gasteiger partial charge in [-0.1, -0.05) is 34.1 Å². The number of benzene rings is 1. The first-order valence-electron chi connectivity index (χ1n) is 14.8. The number of fused-ring (bicyclic) bond motifs is 1. The summed E-state index contributed by atoms with van der Waals surface area (Å²) in [6.45, 7) is 6.55. The van der Waals surface area contributed by atoms with Crippen LogP contribution >= 0.6 is 0 Å². The van der Waals surface area contributed by atoms with E-state index < -0.39 is 107 Å². The van der Waals surface area contributed by atoms with Crippen molar-refractivity contribution in [2.24, 2.45) is 17.6 Å². The van der Waals surface area contributed by atoms with Crippen molar-refractivity contribution in [3.8, 4) is 0 Å². The molecule has 48 heavy (non-hydrogen) atoms. The normalized spacial score (nSPS) is 14.7. The fourth-order valence-electron chi connectivity index (χ4n) is 4.41. The maximum atomic E-state index is 13.4. The highest BCUT2D eigenvalue weighted by Crippen LogP contribution is 2.34. The van der Waals surface area contributed by atoms with Gasteiger partial charge in [0.15, 0.2) is 0 Å². The lowest BCUT2D eigenvalue weighted by Gasteiger charge is -2.28. The summed E-state index contributed by atoms with van der Waals surface area (Å²) in [5.74, 6) is -7.50. The molecular weight excluding hydrogens is 647 g/mol. The molecule has 0 unspecified atom stereocenters. The molecule has 0 aliphatic carbocycles. The topological polar surface area (TPSA) is 247 Å². The third kappa shape index (κ3) is 11.1. The number of carbonyl (C=O) groups is 6. The zero-order valence-electron chi connectivity index (χ0n) is 26.5. The average Bonchev–Trinajstić information content (AvgIpc) is 2.98. The monoisotopic (exact) mass is 685 g/mol. The maximum Gasteiger partial charge on any atom is 0.417 e. The highest BCUT2D eigenvalue weighted by molar-refractivity contribution is 6.01. The molecule has 18 heteroatoms. The molecule has 8 N–H and O–H groups in total. The van der Waals surface area contributed by atoms with Crippen LogP contribution in [0.3, 0.4) is 0 Å². The van der Waals surface area contributed by atoms with Crippen LogP contribution < -0.4 is 32.6 Å². The van der Waals surface area contributed by atoms with E-state index in [1.54, 1.807) is 27.7 Å². The molecule has 1 aromatic carbocycles. The number of amides is 4. The van der Waals surface area contributed by atoms with Gasteiger partial charge in [0.2, 0.25) is 23.6 Å². The summed E-state index contributed by atoms with van der Waals surface area (Å²) >= 11 is 0.